The molecule has 0 fully saturated rings. The maximum atomic E-state index is 8.85. The zero-order valence-corrected chi connectivity index (χ0v) is 17.2. The molecule has 2 aliphatic rings. The second-order valence-corrected chi connectivity index (χ2v) is 6.27. The van der Waals surface area contributed by atoms with Gasteiger partial charge in [0.1, 0.15) is 0 Å². The molecule has 0 N–H and O–H groups in total. The lowest BCUT2D eigenvalue weighted by atomic mass is 9.95. The van der Waals surface area contributed by atoms with Crippen LogP contribution in [-0.4, -0.2) is 4.57 Å². The van der Waals surface area contributed by atoms with Gasteiger partial charge in [0, 0.05) is 28.1 Å². The van der Waals surface area contributed by atoms with E-state index in [1.54, 1.807) is 0 Å². The first-order valence-electron chi connectivity index (χ1n) is 8.85. The zero-order valence-electron chi connectivity index (χ0n) is 15.6. The summed E-state index contributed by atoms with van der Waals surface area (Å²) < 4.78 is 2.20. The molecule has 0 spiro atoms. The van der Waals surface area contributed by atoms with Gasteiger partial charge in [0.25, 0.3) is 5.39 Å². The Hall–Kier alpha value is -3.66. The molecule has 0 saturated carbocycles. The van der Waals surface area contributed by atoms with Crippen LogP contribution in [0.1, 0.15) is 6.92 Å². The molecule has 2 aromatic carbocycles. The van der Waals surface area contributed by atoms with E-state index in [1.807, 2.05) is 54.6 Å². The molecule has 0 amide bonds. The van der Waals surface area contributed by atoms with Gasteiger partial charge in [-0.3, -0.25) is 0 Å². The van der Waals surface area contributed by atoms with Gasteiger partial charge >= 0.3 is 5.08 Å². The van der Waals surface area contributed by atoms with Crippen molar-refractivity contribution in [2.75, 3.05) is 0 Å². The Balaban J connectivity index is 0.00000240. The molecule has 0 saturated heterocycles. The van der Waals surface area contributed by atoms with E-state index in [1.165, 1.54) is 0 Å². The third-order valence-electron chi connectivity index (χ3n) is 4.77. The van der Waals surface area contributed by atoms with Crippen molar-refractivity contribution in [3.8, 4) is 22.5 Å². The Morgan fingerprint density at radius 1 is 1.00 bits per heavy atom. The predicted molar refractivity (Wildman–Crippen MR) is 109 cm³/mol. The van der Waals surface area contributed by atoms with E-state index in [0.717, 1.165) is 39.8 Å². The number of pyridine rings is 1. The average Bonchev–Trinajstić information content (AvgIpc) is 2.73. The first-order valence-corrected chi connectivity index (χ1v) is 8.85. The van der Waals surface area contributed by atoms with Crippen molar-refractivity contribution in [2.24, 2.45) is 10.2 Å². The van der Waals surface area contributed by atoms with Crippen LogP contribution in [0.2, 0.25) is 0 Å². The van der Waals surface area contributed by atoms with Crippen LogP contribution < -0.4 is 22.3 Å². The van der Waals surface area contributed by atoms with Crippen molar-refractivity contribution in [3.05, 3.63) is 87.6 Å². The molecule has 0 radical (unpaired) electrons. The first-order chi connectivity index (χ1) is 13.8. The molecule has 0 unspecified atom stereocenters. The van der Waals surface area contributed by atoms with Crippen LogP contribution in [0.5, 0.6) is 0 Å². The number of nitrogens with zero attached hydrogens (tertiary/aromatic N) is 7. The average molecular weight is 446 g/mol. The molecular formula is C21H16BrN7. The summed E-state index contributed by atoms with van der Waals surface area (Å²) in [4.78, 5) is 2.92. The lowest BCUT2D eigenvalue weighted by Gasteiger charge is -2.23. The number of azide groups is 1. The van der Waals surface area contributed by atoms with Crippen LogP contribution in [0.3, 0.4) is 0 Å². The highest BCUT2D eigenvalue weighted by molar-refractivity contribution is 6.05. The number of hydrogen-bond acceptors (Lipinski definition) is 3. The highest BCUT2D eigenvalue weighted by Crippen LogP contribution is 2.39. The summed E-state index contributed by atoms with van der Waals surface area (Å²) in [5.41, 5.74) is 13.5. The minimum Gasteiger partial charge on any atom is -1.00 e. The molecule has 2 aromatic rings. The first kappa shape index (κ1) is 20.1. The number of hydrogen-bond donors (Lipinski definition) is 0. The molecule has 7 nitrogen and oxygen atoms in total. The van der Waals surface area contributed by atoms with E-state index >= 15 is 0 Å². The van der Waals surface area contributed by atoms with Crippen molar-refractivity contribution < 1.29 is 17.0 Å². The predicted octanol–water partition coefficient (Wildman–Crippen LogP) is 3.05. The fourth-order valence-corrected chi connectivity index (χ4v) is 3.66. The normalized spacial score (nSPS) is 11.0. The maximum Gasteiger partial charge on any atom is 0.339 e. The monoisotopic (exact) mass is 445 g/mol. The van der Waals surface area contributed by atoms with Crippen molar-refractivity contribution >= 4 is 16.5 Å². The third kappa shape index (κ3) is 3.57. The fourth-order valence-electron chi connectivity index (χ4n) is 3.66. The number of diazo groups is 1. The molecule has 0 aromatic heterocycles. The van der Waals surface area contributed by atoms with Crippen LogP contribution in [0.4, 0.5) is 5.69 Å². The Bertz CT molecular complexity index is 1310. The molecule has 29 heavy (non-hydrogen) atoms. The largest absolute Gasteiger partial charge is 1.00 e. The molecule has 142 valence electrons. The van der Waals surface area contributed by atoms with Gasteiger partial charge in [-0.25, -0.2) is 0 Å². The van der Waals surface area contributed by atoms with E-state index in [9.17, 15) is 0 Å². The number of fused-ring (bicyclic) bond motifs is 3. The van der Waals surface area contributed by atoms with Crippen LogP contribution in [0.15, 0.2) is 76.9 Å². The van der Waals surface area contributed by atoms with Crippen LogP contribution in [0, 0.1) is 5.39 Å². The second kappa shape index (κ2) is 8.57. The molecule has 8 heteroatoms. The Morgan fingerprint density at radius 3 is 2.48 bits per heavy atom. The number of benzene rings is 3. The maximum absolute atomic E-state index is 8.85. The van der Waals surface area contributed by atoms with Crippen molar-refractivity contribution in [2.45, 2.75) is 13.5 Å². The lowest BCUT2D eigenvalue weighted by molar-refractivity contribution is -0.00000588. The zero-order chi connectivity index (χ0) is 19.5. The number of aromatic nitrogens is 1. The topological polar surface area (TPSA) is 94.2 Å². The van der Waals surface area contributed by atoms with E-state index < -0.39 is 0 Å². The minimum absolute atomic E-state index is 0. The second-order valence-electron chi connectivity index (χ2n) is 6.27. The Labute approximate surface area is 177 Å². The fraction of sp³-hybridized carbons (Fsp3) is 0.0952. The summed E-state index contributed by atoms with van der Waals surface area (Å²) in [5.74, 6) is 0. The summed E-state index contributed by atoms with van der Waals surface area (Å²) in [6, 6.07) is 21.5. The van der Waals surface area contributed by atoms with Crippen molar-refractivity contribution in [1.82, 2.24) is 4.57 Å². The van der Waals surface area contributed by atoms with Gasteiger partial charge in [0.05, 0.1) is 11.4 Å². The SMILES string of the molecule is CCn1c2cc(=N[N+]#N)ccc-2c2ccc(N=[N+]=[N-])cc2c1-c1ccccc1.[Br-]. The summed E-state index contributed by atoms with van der Waals surface area (Å²) in [5, 5.41) is 21.9. The van der Waals surface area contributed by atoms with Gasteiger partial charge in [-0.15, -0.1) is 0 Å². The molecule has 1 aliphatic carbocycles. The van der Waals surface area contributed by atoms with Crippen LogP contribution >= 0.6 is 0 Å². The third-order valence-corrected chi connectivity index (χ3v) is 4.77. The Kier molecular flexibility index (Phi) is 5.93. The van der Waals surface area contributed by atoms with Gasteiger partial charge in [-0.05, 0) is 47.7 Å². The highest BCUT2D eigenvalue weighted by atomic mass is 79.9. The summed E-state index contributed by atoms with van der Waals surface area (Å²) in [6.45, 7) is 2.80. The molecule has 0 bridgehead atoms. The van der Waals surface area contributed by atoms with Crippen molar-refractivity contribution in [3.63, 3.8) is 0 Å². The summed E-state index contributed by atoms with van der Waals surface area (Å²) >= 11 is 0. The molecular weight excluding hydrogens is 430 g/mol. The Morgan fingerprint density at radius 2 is 1.79 bits per heavy atom. The highest BCUT2D eigenvalue weighted by Gasteiger charge is 2.18. The van der Waals surface area contributed by atoms with E-state index in [4.69, 9.17) is 10.9 Å². The quantitative estimate of drug-likeness (QED) is 0.119. The molecule has 0 atom stereocenters. The van der Waals surface area contributed by atoms with E-state index in [-0.39, 0.29) is 17.0 Å². The summed E-state index contributed by atoms with van der Waals surface area (Å²) in [6.07, 6.45) is 0. The van der Waals surface area contributed by atoms with Crippen LogP contribution in [-0.2, 0) is 6.54 Å². The van der Waals surface area contributed by atoms with Gasteiger partial charge in [-0.2, -0.15) is 0 Å². The van der Waals surface area contributed by atoms with Gasteiger partial charge in [0.2, 0.25) is 0 Å². The van der Waals surface area contributed by atoms with E-state index in [0.29, 0.717) is 11.0 Å². The van der Waals surface area contributed by atoms with Gasteiger partial charge < -0.3 is 21.5 Å². The van der Waals surface area contributed by atoms with Crippen LogP contribution in [0.25, 0.3) is 48.8 Å². The number of rotatable bonds is 3. The number of halogens is 1. The molecule has 1 heterocycles. The van der Waals surface area contributed by atoms with Gasteiger partial charge in [-0.1, -0.05) is 47.6 Å². The summed E-state index contributed by atoms with van der Waals surface area (Å²) in [7, 11) is 0. The standard InChI is InChI=1S/C21H16N7.BrH/c1-2-28-20-13-16(25-27-23)9-11-18(20)17-10-8-15(24-26-22)12-19(17)21(28)14-6-4-3-5-7-14;/h3-13H,2H2,1H3;1H/q+1;/p-1. The molecule has 4 rings (SSSR count). The minimum atomic E-state index is 0. The van der Waals surface area contributed by atoms with E-state index in [2.05, 4.69) is 43.8 Å². The van der Waals surface area contributed by atoms with Gasteiger partial charge in [0.15, 0.2) is 10.5 Å². The van der Waals surface area contributed by atoms with Crippen molar-refractivity contribution in [1.29, 1.82) is 5.39 Å². The smallest absolute Gasteiger partial charge is 0.339 e. The molecule has 1 aliphatic heterocycles. The lowest BCUT2D eigenvalue weighted by Crippen LogP contribution is -3.00.